The van der Waals surface area contributed by atoms with Crippen LogP contribution in [0.25, 0.3) is 16.3 Å². The van der Waals surface area contributed by atoms with E-state index in [1.807, 2.05) is 17.6 Å². The maximum atomic E-state index is 12.3. The summed E-state index contributed by atoms with van der Waals surface area (Å²) in [6.07, 6.45) is 2.76. The van der Waals surface area contributed by atoms with E-state index in [1.54, 1.807) is 31.2 Å². The molecule has 1 heterocycles. The third kappa shape index (κ3) is 4.69. The van der Waals surface area contributed by atoms with Crippen LogP contribution < -0.4 is 4.80 Å². The lowest BCUT2D eigenvalue weighted by Crippen LogP contribution is -2.15. The van der Waals surface area contributed by atoms with Crippen LogP contribution in [0, 0.1) is 10.1 Å². The van der Waals surface area contributed by atoms with Crippen molar-refractivity contribution in [3.63, 3.8) is 0 Å². The molecule has 3 rings (SSSR count). The number of carbonyl (C=O) groups is 2. The number of nitro groups is 1. The van der Waals surface area contributed by atoms with Crippen molar-refractivity contribution in [3.8, 4) is 0 Å². The van der Waals surface area contributed by atoms with Crippen molar-refractivity contribution in [1.82, 2.24) is 4.57 Å². The van der Waals surface area contributed by atoms with Crippen molar-refractivity contribution in [1.29, 1.82) is 0 Å². The number of thiazole rings is 1. The number of carbonyl (C=O) groups excluding carboxylic acids is 2. The van der Waals surface area contributed by atoms with Crippen LogP contribution in [0.1, 0.15) is 29.8 Å². The molecule has 0 bridgehead atoms. The number of nitrogens with zero attached hydrogens (tertiary/aromatic N) is 3. The summed E-state index contributed by atoms with van der Waals surface area (Å²) in [5.41, 5.74) is 1.79. The van der Waals surface area contributed by atoms with E-state index in [2.05, 4.69) is 4.99 Å². The summed E-state index contributed by atoms with van der Waals surface area (Å²) in [5, 5.41) is 10.9. The second kappa shape index (κ2) is 9.27. The summed E-state index contributed by atoms with van der Waals surface area (Å²) in [6, 6.07) is 11.2. The second-order valence-electron chi connectivity index (χ2n) is 6.17. The molecule has 0 aliphatic carbocycles. The Morgan fingerprint density at radius 1 is 1.23 bits per heavy atom. The number of amides is 1. The number of benzene rings is 2. The quantitative estimate of drug-likeness (QED) is 0.257. The molecule has 1 amide bonds. The Labute approximate surface area is 175 Å². The van der Waals surface area contributed by atoms with Gasteiger partial charge >= 0.3 is 5.97 Å². The van der Waals surface area contributed by atoms with Crippen LogP contribution in [0.4, 0.5) is 5.69 Å². The monoisotopic (exact) mass is 425 g/mol. The number of hydrogen-bond donors (Lipinski definition) is 0. The van der Waals surface area contributed by atoms with Gasteiger partial charge in [-0.15, -0.1) is 0 Å². The Bertz CT molecular complexity index is 1220. The van der Waals surface area contributed by atoms with Gasteiger partial charge in [-0.1, -0.05) is 23.5 Å². The molecule has 9 heteroatoms. The molecule has 0 spiro atoms. The smallest absolute Gasteiger partial charge is 0.338 e. The van der Waals surface area contributed by atoms with Crippen LogP contribution in [0.5, 0.6) is 0 Å². The highest BCUT2D eigenvalue weighted by molar-refractivity contribution is 7.16. The van der Waals surface area contributed by atoms with Gasteiger partial charge in [0.05, 0.1) is 27.3 Å². The second-order valence-corrected chi connectivity index (χ2v) is 7.18. The maximum absolute atomic E-state index is 12.3. The highest BCUT2D eigenvalue weighted by Crippen LogP contribution is 2.20. The highest BCUT2D eigenvalue weighted by Gasteiger charge is 2.11. The Balaban J connectivity index is 1.92. The zero-order valence-electron chi connectivity index (χ0n) is 16.4. The van der Waals surface area contributed by atoms with Crippen molar-refractivity contribution in [2.24, 2.45) is 4.99 Å². The van der Waals surface area contributed by atoms with Gasteiger partial charge in [0, 0.05) is 24.8 Å². The first-order valence-electron chi connectivity index (χ1n) is 9.24. The summed E-state index contributed by atoms with van der Waals surface area (Å²) in [5.74, 6) is -0.883. The van der Waals surface area contributed by atoms with E-state index in [0.717, 1.165) is 10.2 Å². The minimum Gasteiger partial charge on any atom is -0.462 e. The fourth-order valence-corrected chi connectivity index (χ4v) is 3.99. The molecule has 3 aromatic rings. The van der Waals surface area contributed by atoms with Crippen LogP contribution in [-0.2, 0) is 16.1 Å². The number of fused-ring (bicyclic) bond motifs is 1. The molecule has 0 radical (unpaired) electrons. The van der Waals surface area contributed by atoms with Crippen molar-refractivity contribution in [3.05, 3.63) is 74.6 Å². The lowest BCUT2D eigenvalue weighted by atomic mass is 10.2. The Kier molecular flexibility index (Phi) is 6.53. The predicted octanol–water partition coefficient (Wildman–Crippen LogP) is 3.95. The summed E-state index contributed by atoms with van der Waals surface area (Å²) in [4.78, 5) is 39.3. The molecule has 0 aliphatic rings. The van der Waals surface area contributed by atoms with Gasteiger partial charge in [-0.25, -0.2) is 4.79 Å². The van der Waals surface area contributed by atoms with E-state index < -0.39 is 16.8 Å². The average molecular weight is 425 g/mol. The molecular weight excluding hydrogens is 406 g/mol. The van der Waals surface area contributed by atoms with E-state index in [4.69, 9.17) is 4.74 Å². The average Bonchev–Trinajstić information content (AvgIpc) is 3.08. The predicted molar refractivity (Wildman–Crippen MR) is 114 cm³/mol. The molecule has 30 heavy (non-hydrogen) atoms. The van der Waals surface area contributed by atoms with Crippen LogP contribution in [-0.4, -0.2) is 28.0 Å². The first kappa shape index (κ1) is 21.1. The Hall–Kier alpha value is -3.59. The van der Waals surface area contributed by atoms with Crippen LogP contribution >= 0.6 is 11.3 Å². The van der Waals surface area contributed by atoms with Gasteiger partial charge in [-0.3, -0.25) is 14.9 Å². The number of hydrogen-bond acceptors (Lipinski definition) is 6. The number of aromatic nitrogens is 1. The first-order chi connectivity index (χ1) is 14.4. The molecular formula is C21H19N3O5S. The standard InChI is InChI=1S/C21H19N3O5S/c1-3-23-17-10-9-15(20(26)29-4-2)13-18(17)30-21(23)22-19(25)11-8-14-6-5-7-16(12-14)24(27)28/h5-13H,3-4H2,1-2H3. The SMILES string of the molecule is CCOC(=O)c1ccc2c(c1)sc(=NC(=O)C=Cc1cccc([N+](=O)[O-])c1)n2CC. The molecule has 0 unspecified atom stereocenters. The number of ether oxygens (including phenoxy) is 1. The number of rotatable bonds is 6. The van der Waals surface area contributed by atoms with Gasteiger partial charge in [-0.05, 0) is 43.7 Å². The fraction of sp³-hybridized carbons (Fsp3) is 0.190. The molecule has 2 aromatic carbocycles. The van der Waals surface area contributed by atoms with Crippen molar-refractivity contribution in [2.45, 2.75) is 20.4 Å². The minimum absolute atomic E-state index is 0.0488. The highest BCUT2D eigenvalue weighted by atomic mass is 32.1. The minimum atomic E-state index is -0.491. The largest absolute Gasteiger partial charge is 0.462 e. The molecule has 0 atom stereocenters. The first-order valence-corrected chi connectivity index (χ1v) is 10.1. The van der Waals surface area contributed by atoms with E-state index in [-0.39, 0.29) is 5.69 Å². The Morgan fingerprint density at radius 3 is 2.73 bits per heavy atom. The van der Waals surface area contributed by atoms with Gasteiger partial charge in [0.15, 0.2) is 4.80 Å². The number of esters is 1. The van der Waals surface area contributed by atoms with E-state index >= 15 is 0 Å². The molecule has 8 nitrogen and oxygen atoms in total. The molecule has 0 saturated carbocycles. The van der Waals surface area contributed by atoms with Gasteiger partial charge in [0.25, 0.3) is 11.6 Å². The summed E-state index contributed by atoms with van der Waals surface area (Å²) < 4.78 is 7.73. The zero-order chi connectivity index (χ0) is 21.7. The molecule has 0 N–H and O–H groups in total. The van der Waals surface area contributed by atoms with Crippen molar-refractivity contribution >= 4 is 45.2 Å². The lowest BCUT2D eigenvalue weighted by molar-refractivity contribution is -0.384. The summed E-state index contributed by atoms with van der Waals surface area (Å²) in [6.45, 7) is 4.58. The van der Waals surface area contributed by atoms with Gasteiger partial charge in [-0.2, -0.15) is 4.99 Å². The maximum Gasteiger partial charge on any atom is 0.338 e. The Morgan fingerprint density at radius 2 is 2.03 bits per heavy atom. The summed E-state index contributed by atoms with van der Waals surface area (Å²) in [7, 11) is 0. The summed E-state index contributed by atoms with van der Waals surface area (Å²) >= 11 is 1.30. The lowest BCUT2D eigenvalue weighted by Gasteiger charge is -2.03. The fourth-order valence-electron chi connectivity index (χ4n) is 2.85. The van der Waals surface area contributed by atoms with E-state index in [0.29, 0.717) is 29.1 Å². The molecule has 0 fully saturated rings. The molecule has 154 valence electrons. The van der Waals surface area contributed by atoms with E-state index in [9.17, 15) is 19.7 Å². The van der Waals surface area contributed by atoms with Crippen molar-refractivity contribution in [2.75, 3.05) is 6.61 Å². The molecule has 1 aromatic heterocycles. The zero-order valence-corrected chi connectivity index (χ0v) is 17.2. The van der Waals surface area contributed by atoms with Gasteiger partial charge in [0.2, 0.25) is 0 Å². The van der Waals surface area contributed by atoms with Gasteiger partial charge in [0.1, 0.15) is 0 Å². The van der Waals surface area contributed by atoms with Crippen LogP contribution in [0.3, 0.4) is 0 Å². The van der Waals surface area contributed by atoms with Crippen LogP contribution in [0.15, 0.2) is 53.5 Å². The third-order valence-corrected chi connectivity index (χ3v) is 5.26. The molecule has 0 saturated heterocycles. The number of aryl methyl sites for hydroxylation is 1. The van der Waals surface area contributed by atoms with Crippen molar-refractivity contribution < 1.29 is 19.2 Å². The third-order valence-electron chi connectivity index (χ3n) is 4.22. The molecule has 0 aliphatic heterocycles. The van der Waals surface area contributed by atoms with Gasteiger partial charge < -0.3 is 9.30 Å². The normalized spacial score (nSPS) is 11.9. The topological polar surface area (TPSA) is 104 Å². The van der Waals surface area contributed by atoms with Crippen LogP contribution in [0.2, 0.25) is 0 Å². The number of non-ortho nitro benzene ring substituents is 1. The van der Waals surface area contributed by atoms with E-state index in [1.165, 1.54) is 35.6 Å². The number of nitro benzene ring substituents is 1.